The van der Waals surface area contributed by atoms with Gasteiger partial charge in [0.15, 0.2) is 0 Å². The number of halogens is 3. The zero-order valence-corrected chi connectivity index (χ0v) is 22.6. The normalized spacial score (nSPS) is 14.2. The van der Waals surface area contributed by atoms with Crippen LogP contribution >= 0.6 is 0 Å². The van der Waals surface area contributed by atoms with E-state index in [1.807, 2.05) is 58.8 Å². The zero-order chi connectivity index (χ0) is 29.3. The molecule has 1 amide bonds. The lowest BCUT2D eigenvalue weighted by Crippen LogP contribution is -2.42. The first-order valence-corrected chi connectivity index (χ1v) is 13.5. The van der Waals surface area contributed by atoms with Crippen LogP contribution in [0, 0.1) is 6.92 Å². The molecule has 6 heterocycles. The number of fused-ring (bicyclic) bond motifs is 1. The number of imidazole rings is 1. The number of carbonyl (C=O) groups is 1. The van der Waals surface area contributed by atoms with Crippen LogP contribution in [0.4, 0.5) is 30.6 Å². The summed E-state index contributed by atoms with van der Waals surface area (Å²) >= 11 is 0. The number of nitrogens with zero attached hydrogens (tertiary/aromatic N) is 6. The van der Waals surface area contributed by atoms with E-state index in [1.54, 1.807) is 18.5 Å². The number of hydrogen-bond donors (Lipinski definition) is 2. The van der Waals surface area contributed by atoms with Gasteiger partial charge >= 0.3 is 6.18 Å². The van der Waals surface area contributed by atoms with Gasteiger partial charge in [0.1, 0.15) is 28.8 Å². The Balaban J connectivity index is 1.08. The number of piperidine rings is 1. The molecule has 0 aromatic carbocycles. The van der Waals surface area contributed by atoms with Crippen molar-refractivity contribution in [1.29, 1.82) is 0 Å². The Hall–Kier alpha value is -5.00. The molecule has 0 bridgehead atoms. The highest BCUT2D eigenvalue weighted by Gasteiger charge is 2.31. The van der Waals surface area contributed by atoms with Crippen molar-refractivity contribution in [2.24, 2.45) is 0 Å². The Morgan fingerprint density at radius 3 is 2.52 bits per heavy atom. The van der Waals surface area contributed by atoms with Crippen molar-refractivity contribution in [3.63, 3.8) is 0 Å². The molecule has 1 aliphatic heterocycles. The van der Waals surface area contributed by atoms with E-state index < -0.39 is 11.7 Å². The second-order valence-corrected chi connectivity index (χ2v) is 10.2. The van der Waals surface area contributed by atoms with Crippen LogP contribution in [0.2, 0.25) is 0 Å². The van der Waals surface area contributed by atoms with Crippen molar-refractivity contribution in [1.82, 2.24) is 29.2 Å². The largest absolute Gasteiger partial charge is 0.416 e. The molecule has 0 saturated carbocycles. The minimum atomic E-state index is -4.46. The summed E-state index contributed by atoms with van der Waals surface area (Å²) in [4.78, 5) is 32.4. The van der Waals surface area contributed by atoms with Crippen LogP contribution < -0.4 is 10.6 Å². The summed E-state index contributed by atoms with van der Waals surface area (Å²) in [5.41, 5.74) is 2.78. The maximum absolute atomic E-state index is 13.1. The third-order valence-corrected chi connectivity index (χ3v) is 7.14. The van der Waals surface area contributed by atoms with E-state index in [9.17, 15) is 18.0 Å². The molecule has 0 spiro atoms. The number of anilines is 3. The Morgan fingerprint density at radius 1 is 0.929 bits per heavy atom. The second-order valence-electron chi connectivity index (χ2n) is 10.2. The maximum Gasteiger partial charge on any atom is 0.416 e. The van der Waals surface area contributed by atoms with Gasteiger partial charge in [-0.05, 0) is 73.9 Å². The summed E-state index contributed by atoms with van der Waals surface area (Å²) in [6.07, 6.45) is 3.39. The quantitative estimate of drug-likeness (QED) is 0.258. The average molecular weight is 573 g/mol. The fourth-order valence-corrected chi connectivity index (χ4v) is 5.01. The number of likely N-dealkylation sites (tertiary alicyclic amines) is 1. The fraction of sp³-hybridized carbons (Fsp3) is 0.233. The molecule has 2 N–H and O–H groups in total. The molecule has 5 aromatic rings. The van der Waals surface area contributed by atoms with Crippen LogP contribution in [0.5, 0.6) is 0 Å². The molecule has 214 valence electrons. The van der Waals surface area contributed by atoms with Gasteiger partial charge in [-0.1, -0.05) is 6.07 Å². The van der Waals surface area contributed by atoms with E-state index in [2.05, 4.69) is 30.6 Å². The number of rotatable bonds is 6. The minimum absolute atomic E-state index is 0.0296. The number of hydrogen-bond acceptors (Lipinski definition) is 7. The summed E-state index contributed by atoms with van der Waals surface area (Å²) in [5.74, 6) is 1.12. The third-order valence-electron chi connectivity index (χ3n) is 7.14. The van der Waals surface area contributed by atoms with Crippen molar-refractivity contribution in [2.45, 2.75) is 32.0 Å². The summed E-state index contributed by atoms with van der Waals surface area (Å²) in [5, 5.41) is 6.33. The minimum Gasteiger partial charge on any atom is -0.367 e. The van der Waals surface area contributed by atoms with Gasteiger partial charge in [-0.25, -0.2) is 19.9 Å². The predicted molar refractivity (Wildman–Crippen MR) is 152 cm³/mol. The molecule has 6 rings (SSSR count). The number of aryl methyl sites for hydroxylation is 1. The number of aromatic nitrogens is 5. The van der Waals surface area contributed by atoms with Gasteiger partial charge in [-0.2, -0.15) is 13.2 Å². The van der Waals surface area contributed by atoms with Crippen molar-refractivity contribution in [3.8, 4) is 11.3 Å². The lowest BCUT2D eigenvalue weighted by Gasteiger charge is -2.32. The third kappa shape index (κ3) is 5.87. The molecule has 12 heteroatoms. The highest BCUT2D eigenvalue weighted by molar-refractivity contribution is 5.93. The van der Waals surface area contributed by atoms with Crippen molar-refractivity contribution in [3.05, 3.63) is 96.2 Å². The molecule has 5 aromatic heterocycles. The van der Waals surface area contributed by atoms with Gasteiger partial charge in [0.2, 0.25) is 0 Å². The molecular weight excluding hydrogens is 545 g/mol. The van der Waals surface area contributed by atoms with Gasteiger partial charge in [-0.3, -0.25) is 9.20 Å². The van der Waals surface area contributed by atoms with Crippen molar-refractivity contribution in [2.75, 3.05) is 23.7 Å². The van der Waals surface area contributed by atoms with Gasteiger partial charge in [0.25, 0.3) is 5.91 Å². The lowest BCUT2D eigenvalue weighted by atomic mass is 10.0. The van der Waals surface area contributed by atoms with Gasteiger partial charge in [0, 0.05) is 43.3 Å². The first-order valence-electron chi connectivity index (χ1n) is 13.5. The molecule has 0 atom stereocenters. The standard InChI is InChI=1S/C30H27F3N8O/c1-19-14-23(38-27(15-19)39-26-16-21(7-10-34-26)30(31,32)33)20-5-6-25(35-17-20)37-22-8-12-40(13-9-22)29(42)24-18-36-28-4-2-3-11-41(24)28/h2-7,10-11,14-18,22H,8-9,12-13H2,1H3,(H,35,37)(H,34,38,39). The molecule has 1 fully saturated rings. The van der Waals surface area contributed by atoms with Crippen molar-refractivity contribution >= 4 is 29.0 Å². The van der Waals surface area contributed by atoms with E-state index in [1.165, 1.54) is 0 Å². The zero-order valence-electron chi connectivity index (χ0n) is 22.6. The summed E-state index contributed by atoms with van der Waals surface area (Å²) in [6, 6.07) is 15.1. The van der Waals surface area contributed by atoms with E-state index >= 15 is 0 Å². The van der Waals surface area contributed by atoms with Crippen LogP contribution in [0.1, 0.15) is 34.5 Å². The molecule has 0 aliphatic carbocycles. The van der Waals surface area contributed by atoms with Crippen LogP contribution in [-0.4, -0.2) is 54.3 Å². The topological polar surface area (TPSA) is 100 Å². The van der Waals surface area contributed by atoms with Gasteiger partial charge < -0.3 is 15.5 Å². The van der Waals surface area contributed by atoms with Crippen LogP contribution in [0.25, 0.3) is 16.9 Å². The maximum atomic E-state index is 13.1. The second kappa shape index (κ2) is 11.1. The van der Waals surface area contributed by atoms with Gasteiger partial charge in [-0.15, -0.1) is 0 Å². The lowest BCUT2D eigenvalue weighted by molar-refractivity contribution is -0.137. The average Bonchev–Trinajstić information content (AvgIpc) is 3.41. The molecule has 1 saturated heterocycles. The Labute approximate surface area is 239 Å². The van der Waals surface area contributed by atoms with E-state index in [0.29, 0.717) is 36.1 Å². The van der Waals surface area contributed by atoms with Crippen LogP contribution in [-0.2, 0) is 6.18 Å². The highest BCUT2D eigenvalue weighted by Crippen LogP contribution is 2.31. The highest BCUT2D eigenvalue weighted by atomic mass is 19.4. The first-order chi connectivity index (χ1) is 20.2. The molecule has 0 unspecified atom stereocenters. The molecule has 1 aliphatic rings. The molecular formula is C30H27F3N8O. The Kier molecular flexibility index (Phi) is 7.19. The van der Waals surface area contributed by atoms with Crippen LogP contribution in [0.15, 0.2) is 79.4 Å². The number of nitrogens with one attached hydrogen (secondary N) is 2. The Bertz CT molecular complexity index is 1730. The molecule has 0 radical (unpaired) electrons. The molecule has 9 nitrogen and oxygen atoms in total. The predicted octanol–water partition coefficient (Wildman–Crippen LogP) is 5.97. The van der Waals surface area contributed by atoms with Crippen LogP contribution in [0.3, 0.4) is 0 Å². The SMILES string of the molecule is Cc1cc(Nc2cc(C(F)(F)F)ccn2)nc(-c2ccc(NC3CCN(C(=O)c4cnc5ccccn45)CC3)nc2)c1. The monoisotopic (exact) mass is 572 g/mol. The number of carbonyl (C=O) groups excluding carboxylic acids is 1. The van der Waals surface area contributed by atoms with E-state index in [-0.39, 0.29) is 17.8 Å². The van der Waals surface area contributed by atoms with E-state index in [0.717, 1.165) is 47.9 Å². The molecule has 42 heavy (non-hydrogen) atoms. The summed E-state index contributed by atoms with van der Waals surface area (Å²) in [7, 11) is 0. The Morgan fingerprint density at radius 2 is 1.76 bits per heavy atom. The summed E-state index contributed by atoms with van der Waals surface area (Å²) in [6.45, 7) is 3.13. The number of pyridine rings is 4. The van der Waals surface area contributed by atoms with E-state index in [4.69, 9.17) is 0 Å². The first kappa shape index (κ1) is 27.2. The van der Waals surface area contributed by atoms with Crippen molar-refractivity contribution < 1.29 is 18.0 Å². The fourth-order valence-electron chi connectivity index (χ4n) is 5.01. The number of amides is 1. The summed E-state index contributed by atoms with van der Waals surface area (Å²) < 4.78 is 41.1. The number of alkyl halides is 3. The van der Waals surface area contributed by atoms with Gasteiger partial charge in [0.05, 0.1) is 17.5 Å². The smallest absolute Gasteiger partial charge is 0.367 e.